The highest BCUT2D eigenvalue weighted by atomic mass is 16.5. The molecule has 0 radical (unpaired) electrons. The minimum atomic E-state index is -0.511. The van der Waals surface area contributed by atoms with Gasteiger partial charge in [0.25, 0.3) is 5.91 Å². The molecule has 0 aliphatic carbocycles. The summed E-state index contributed by atoms with van der Waals surface area (Å²) in [4.78, 5) is 22.7. The first-order valence-electron chi connectivity index (χ1n) is 4.96. The van der Waals surface area contributed by atoms with Crippen LogP contribution in [0.3, 0.4) is 0 Å². The quantitative estimate of drug-likeness (QED) is 0.713. The van der Waals surface area contributed by atoms with Gasteiger partial charge in [-0.2, -0.15) is 0 Å². The van der Waals surface area contributed by atoms with Crippen molar-refractivity contribution in [1.82, 2.24) is 0 Å². The van der Waals surface area contributed by atoms with Crippen molar-refractivity contribution >= 4 is 17.4 Å². The monoisotopic (exact) mass is 220 g/mol. The average Bonchev–Trinajstić information content (AvgIpc) is 2.29. The van der Waals surface area contributed by atoms with Gasteiger partial charge in [0.05, 0.1) is 12.2 Å². The predicted molar refractivity (Wildman–Crippen MR) is 58.5 cm³/mol. The number of nitrogens with two attached hydrogens (primary N) is 1. The lowest BCUT2D eigenvalue weighted by Crippen LogP contribution is -2.34. The lowest BCUT2D eigenvalue weighted by Gasteiger charge is -2.23. The lowest BCUT2D eigenvalue weighted by molar-refractivity contribution is -0.122. The number of hydrogen-bond donors (Lipinski definition) is 2. The Bertz CT molecular complexity index is 457. The van der Waals surface area contributed by atoms with E-state index in [1.165, 1.54) is 0 Å². The molecule has 3 N–H and O–H groups in total. The van der Waals surface area contributed by atoms with Crippen LogP contribution >= 0.6 is 0 Å². The fourth-order valence-electron chi connectivity index (χ4n) is 1.50. The molecule has 0 saturated heterocycles. The molecule has 1 heterocycles. The van der Waals surface area contributed by atoms with Crippen LogP contribution in [-0.2, 0) is 4.79 Å². The maximum Gasteiger partial charge on any atom is 0.265 e. The summed E-state index contributed by atoms with van der Waals surface area (Å²) in [6.07, 6.45) is -0.511. The summed E-state index contributed by atoms with van der Waals surface area (Å²) in [6, 6.07) is 4.88. The number of anilines is 1. The summed E-state index contributed by atoms with van der Waals surface area (Å²) in [7, 11) is 0. The number of ketones is 1. The molecule has 0 bridgehead atoms. The number of rotatable bonds is 2. The van der Waals surface area contributed by atoms with Crippen molar-refractivity contribution in [3.8, 4) is 5.75 Å². The van der Waals surface area contributed by atoms with Crippen LogP contribution in [0.15, 0.2) is 18.2 Å². The minimum Gasteiger partial charge on any atom is -0.479 e. The van der Waals surface area contributed by atoms with Crippen molar-refractivity contribution in [3.63, 3.8) is 0 Å². The molecule has 84 valence electrons. The molecule has 0 saturated carbocycles. The molecule has 1 aliphatic rings. The zero-order valence-corrected chi connectivity index (χ0v) is 8.82. The molecule has 5 heteroatoms. The Labute approximate surface area is 92.6 Å². The van der Waals surface area contributed by atoms with Gasteiger partial charge in [0.15, 0.2) is 11.9 Å². The molecule has 1 aromatic carbocycles. The third-order valence-electron chi connectivity index (χ3n) is 2.42. The topological polar surface area (TPSA) is 81.4 Å². The van der Waals surface area contributed by atoms with E-state index in [9.17, 15) is 9.59 Å². The summed E-state index contributed by atoms with van der Waals surface area (Å²) in [5.74, 6) is 0.182. The third kappa shape index (κ3) is 1.77. The number of amides is 1. The number of carbonyl (C=O) groups excluding carboxylic acids is 2. The van der Waals surface area contributed by atoms with Gasteiger partial charge in [-0.15, -0.1) is 0 Å². The largest absolute Gasteiger partial charge is 0.479 e. The summed E-state index contributed by atoms with van der Waals surface area (Å²) >= 11 is 0. The van der Waals surface area contributed by atoms with Gasteiger partial charge in [-0.3, -0.25) is 9.59 Å². The molecule has 0 spiro atoms. The van der Waals surface area contributed by atoms with Crippen molar-refractivity contribution in [2.75, 3.05) is 11.9 Å². The number of carbonyl (C=O) groups is 2. The Morgan fingerprint density at radius 2 is 2.31 bits per heavy atom. The summed E-state index contributed by atoms with van der Waals surface area (Å²) < 4.78 is 5.36. The van der Waals surface area contributed by atoms with E-state index in [4.69, 9.17) is 10.5 Å². The van der Waals surface area contributed by atoms with Gasteiger partial charge in [-0.25, -0.2) is 0 Å². The van der Waals surface area contributed by atoms with Gasteiger partial charge in [0.1, 0.15) is 5.75 Å². The van der Waals surface area contributed by atoms with Gasteiger partial charge in [-0.1, -0.05) is 0 Å². The second kappa shape index (κ2) is 3.94. The van der Waals surface area contributed by atoms with Gasteiger partial charge in [-0.05, 0) is 25.1 Å². The molecule has 0 fully saturated rings. The fourth-order valence-corrected chi connectivity index (χ4v) is 1.50. The Morgan fingerprint density at radius 3 is 3.00 bits per heavy atom. The number of Topliss-reactive ketones (excluding diaryl/α,β-unsaturated/α-hetero) is 1. The molecule has 16 heavy (non-hydrogen) atoms. The number of fused-ring (bicyclic) bond motifs is 1. The third-order valence-corrected chi connectivity index (χ3v) is 2.42. The molecule has 2 rings (SSSR count). The van der Waals surface area contributed by atoms with E-state index >= 15 is 0 Å². The van der Waals surface area contributed by atoms with Crippen molar-refractivity contribution in [1.29, 1.82) is 0 Å². The number of benzene rings is 1. The molecular formula is C11H12N2O3. The number of nitrogens with one attached hydrogen (secondary N) is 1. The SMILES string of the molecule is CC1Oc2ccc(C(=O)CN)cc2NC1=O. The second-order valence-electron chi connectivity index (χ2n) is 3.59. The van der Waals surface area contributed by atoms with E-state index in [-0.39, 0.29) is 18.2 Å². The van der Waals surface area contributed by atoms with E-state index < -0.39 is 6.10 Å². The Hall–Kier alpha value is -1.88. The van der Waals surface area contributed by atoms with Crippen LogP contribution in [-0.4, -0.2) is 24.3 Å². The van der Waals surface area contributed by atoms with E-state index in [0.29, 0.717) is 17.0 Å². The minimum absolute atomic E-state index is 0.0516. The van der Waals surface area contributed by atoms with Gasteiger partial charge in [0.2, 0.25) is 0 Å². The van der Waals surface area contributed by atoms with Crippen LogP contribution in [0.1, 0.15) is 17.3 Å². The maximum atomic E-state index is 11.4. The van der Waals surface area contributed by atoms with Crippen LogP contribution in [0.4, 0.5) is 5.69 Å². The average molecular weight is 220 g/mol. The van der Waals surface area contributed by atoms with Gasteiger partial charge < -0.3 is 15.8 Å². The molecule has 1 aromatic rings. The van der Waals surface area contributed by atoms with Crippen LogP contribution in [0.25, 0.3) is 0 Å². The standard InChI is InChI=1S/C11H12N2O3/c1-6-11(15)13-8-4-7(9(14)5-12)2-3-10(8)16-6/h2-4,6H,5,12H2,1H3,(H,13,15). The fraction of sp³-hybridized carbons (Fsp3) is 0.273. The Kier molecular flexibility index (Phi) is 2.62. The molecule has 1 unspecified atom stereocenters. The van der Waals surface area contributed by atoms with E-state index in [1.54, 1.807) is 25.1 Å². The van der Waals surface area contributed by atoms with E-state index in [1.807, 2.05) is 0 Å². The number of hydrogen-bond acceptors (Lipinski definition) is 4. The molecular weight excluding hydrogens is 208 g/mol. The lowest BCUT2D eigenvalue weighted by atomic mass is 10.1. The Morgan fingerprint density at radius 1 is 1.56 bits per heavy atom. The first-order valence-corrected chi connectivity index (χ1v) is 4.96. The zero-order valence-electron chi connectivity index (χ0n) is 8.82. The molecule has 1 aliphatic heterocycles. The highest BCUT2D eigenvalue weighted by Crippen LogP contribution is 2.30. The highest BCUT2D eigenvalue weighted by molar-refractivity contribution is 6.02. The van der Waals surface area contributed by atoms with Crippen molar-refractivity contribution in [2.45, 2.75) is 13.0 Å². The molecule has 1 amide bonds. The maximum absolute atomic E-state index is 11.4. The van der Waals surface area contributed by atoms with Crippen LogP contribution in [0.2, 0.25) is 0 Å². The van der Waals surface area contributed by atoms with E-state index in [2.05, 4.69) is 5.32 Å². The zero-order chi connectivity index (χ0) is 11.7. The summed E-state index contributed by atoms with van der Waals surface area (Å²) in [6.45, 7) is 1.61. The summed E-state index contributed by atoms with van der Waals surface area (Å²) in [5, 5.41) is 2.67. The van der Waals surface area contributed by atoms with Gasteiger partial charge >= 0.3 is 0 Å². The second-order valence-corrected chi connectivity index (χ2v) is 3.59. The number of ether oxygens (including phenoxy) is 1. The first kappa shape index (κ1) is 10.6. The van der Waals surface area contributed by atoms with Crippen LogP contribution in [0, 0.1) is 0 Å². The van der Waals surface area contributed by atoms with Crippen molar-refractivity contribution < 1.29 is 14.3 Å². The summed E-state index contributed by atoms with van der Waals surface area (Å²) in [5.41, 5.74) is 6.25. The Balaban J connectivity index is 2.36. The normalized spacial score (nSPS) is 18.4. The molecule has 5 nitrogen and oxygen atoms in total. The van der Waals surface area contributed by atoms with Crippen LogP contribution in [0.5, 0.6) is 5.75 Å². The van der Waals surface area contributed by atoms with Gasteiger partial charge in [0, 0.05) is 5.56 Å². The molecule has 0 aromatic heterocycles. The first-order chi connectivity index (χ1) is 7.61. The van der Waals surface area contributed by atoms with Crippen molar-refractivity contribution in [3.05, 3.63) is 23.8 Å². The molecule has 1 atom stereocenters. The van der Waals surface area contributed by atoms with Crippen molar-refractivity contribution in [2.24, 2.45) is 5.73 Å². The van der Waals surface area contributed by atoms with E-state index in [0.717, 1.165) is 0 Å². The van der Waals surface area contributed by atoms with Crippen LogP contribution < -0.4 is 15.8 Å². The highest BCUT2D eigenvalue weighted by Gasteiger charge is 2.23. The predicted octanol–water partition coefficient (Wildman–Crippen LogP) is 0.547. The smallest absolute Gasteiger partial charge is 0.265 e.